The summed E-state index contributed by atoms with van der Waals surface area (Å²) >= 11 is 0. The predicted octanol–water partition coefficient (Wildman–Crippen LogP) is 6.56. The first-order valence-corrected chi connectivity index (χ1v) is 9.33. The first-order chi connectivity index (χ1) is 12.8. The second-order valence-electron chi connectivity index (χ2n) is 6.78. The van der Waals surface area contributed by atoms with Gasteiger partial charge in [0.1, 0.15) is 0 Å². The van der Waals surface area contributed by atoms with Gasteiger partial charge in [-0.25, -0.2) is 0 Å². The fourth-order valence-corrected chi connectivity index (χ4v) is 3.14. The van der Waals surface area contributed by atoms with E-state index in [0.717, 1.165) is 32.1 Å². The van der Waals surface area contributed by atoms with Crippen molar-refractivity contribution in [3.8, 4) is 0 Å². The average Bonchev–Trinajstić information content (AvgIpc) is 2.62. The standard InChI is InChI=1S/C18H31F7O3/c1-5-6-7-8-9-10-11-14(16(26-2,27-3)28-4)12-13-15(19,20)17(21,22)18(23,24)25/h14H,5-13H2,1-4H3. The molecule has 0 radical (unpaired) electrons. The molecule has 0 aliphatic rings. The smallest absolute Gasteiger partial charge is 0.331 e. The van der Waals surface area contributed by atoms with Crippen LogP contribution in [0.4, 0.5) is 30.7 Å². The lowest BCUT2D eigenvalue weighted by Crippen LogP contribution is -2.52. The van der Waals surface area contributed by atoms with Crippen molar-refractivity contribution in [2.24, 2.45) is 5.92 Å². The van der Waals surface area contributed by atoms with Gasteiger partial charge in [0, 0.05) is 33.7 Å². The van der Waals surface area contributed by atoms with Crippen molar-refractivity contribution in [2.75, 3.05) is 21.3 Å². The molecule has 0 rings (SSSR count). The first-order valence-electron chi connectivity index (χ1n) is 9.33. The highest BCUT2D eigenvalue weighted by molar-refractivity contribution is 4.92. The van der Waals surface area contributed by atoms with Crippen molar-refractivity contribution >= 4 is 0 Å². The summed E-state index contributed by atoms with van der Waals surface area (Å²) in [6.07, 6.45) is -3.18. The van der Waals surface area contributed by atoms with Crippen LogP contribution >= 0.6 is 0 Å². The van der Waals surface area contributed by atoms with Crippen LogP contribution in [0.1, 0.15) is 64.7 Å². The SMILES string of the molecule is CCCCCCCCC(CCC(F)(F)C(F)(F)C(F)(F)F)C(OC)(OC)OC. The van der Waals surface area contributed by atoms with Crippen LogP contribution < -0.4 is 0 Å². The molecule has 0 spiro atoms. The van der Waals surface area contributed by atoms with E-state index in [9.17, 15) is 30.7 Å². The zero-order valence-corrected chi connectivity index (χ0v) is 16.8. The fourth-order valence-electron chi connectivity index (χ4n) is 3.14. The van der Waals surface area contributed by atoms with Crippen molar-refractivity contribution in [3.05, 3.63) is 0 Å². The first kappa shape index (κ1) is 27.4. The zero-order chi connectivity index (χ0) is 22.1. The summed E-state index contributed by atoms with van der Waals surface area (Å²) in [6, 6.07) is 0. The van der Waals surface area contributed by atoms with E-state index in [1.807, 2.05) is 0 Å². The molecule has 0 aromatic rings. The quantitative estimate of drug-likeness (QED) is 0.168. The number of hydrogen-bond donors (Lipinski definition) is 0. The lowest BCUT2D eigenvalue weighted by molar-refractivity contribution is -0.384. The van der Waals surface area contributed by atoms with Gasteiger partial charge in [0.2, 0.25) is 0 Å². The Labute approximate surface area is 161 Å². The van der Waals surface area contributed by atoms with Gasteiger partial charge >= 0.3 is 18.0 Å². The maximum Gasteiger partial charge on any atom is 0.459 e. The summed E-state index contributed by atoms with van der Waals surface area (Å²) in [5.41, 5.74) is 0. The Morgan fingerprint density at radius 2 is 1.14 bits per heavy atom. The van der Waals surface area contributed by atoms with Crippen LogP contribution in [0.2, 0.25) is 0 Å². The molecule has 0 saturated carbocycles. The third-order valence-electron chi connectivity index (χ3n) is 4.88. The maximum atomic E-state index is 13.7. The van der Waals surface area contributed by atoms with Crippen LogP contribution in [-0.2, 0) is 14.2 Å². The predicted molar refractivity (Wildman–Crippen MR) is 90.4 cm³/mol. The second kappa shape index (κ2) is 11.5. The number of methoxy groups -OCH3 is 3. The molecule has 0 aromatic carbocycles. The van der Waals surface area contributed by atoms with Crippen molar-refractivity contribution in [1.29, 1.82) is 0 Å². The van der Waals surface area contributed by atoms with Gasteiger partial charge in [0.25, 0.3) is 5.97 Å². The Bertz CT molecular complexity index is 416. The molecule has 0 amide bonds. The Kier molecular flexibility index (Phi) is 11.3. The highest BCUT2D eigenvalue weighted by Gasteiger charge is 2.72. The number of ether oxygens (including phenoxy) is 3. The van der Waals surface area contributed by atoms with Gasteiger partial charge in [-0.05, 0) is 12.8 Å². The van der Waals surface area contributed by atoms with E-state index in [1.165, 1.54) is 21.3 Å². The highest BCUT2D eigenvalue weighted by Crippen LogP contribution is 2.49. The minimum absolute atomic E-state index is 0.218. The van der Waals surface area contributed by atoms with Gasteiger partial charge < -0.3 is 14.2 Å². The van der Waals surface area contributed by atoms with Crippen molar-refractivity contribution in [2.45, 2.75) is 88.7 Å². The summed E-state index contributed by atoms with van der Waals surface area (Å²) in [5.74, 6) is -14.1. The fraction of sp³-hybridized carbons (Fsp3) is 1.00. The van der Waals surface area contributed by atoms with Gasteiger partial charge in [-0.3, -0.25) is 0 Å². The largest absolute Gasteiger partial charge is 0.459 e. The van der Waals surface area contributed by atoms with E-state index in [0.29, 0.717) is 6.42 Å². The number of alkyl halides is 7. The second-order valence-corrected chi connectivity index (χ2v) is 6.78. The van der Waals surface area contributed by atoms with Crippen LogP contribution in [0, 0.1) is 5.92 Å². The van der Waals surface area contributed by atoms with E-state index in [1.54, 1.807) is 0 Å². The molecule has 0 N–H and O–H groups in total. The van der Waals surface area contributed by atoms with Crippen LogP contribution in [0.25, 0.3) is 0 Å². The van der Waals surface area contributed by atoms with Gasteiger partial charge in [0.05, 0.1) is 0 Å². The van der Waals surface area contributed by atoms with Gasteiger partial charge in [-0.1, -0.05) is 45.4 Å². The topological polar surface area (TPSA) is 27.7 Å². The van der Waals surface area contributed by atoms with E-state index >= 15 is 0 Å². The molecule has 10 heteroatoms. The average molecular weight is 428 g/mol. The summed E-state index contributed by atoms with van der Waals surface area (Å²) in [4.78, 5) is 0. The molecular weight excluding hydrogens is 397 g/mol. The van der Waals surface area contributed by atoms with E-state index < -0.39 is 42.8 Å². The molecule has 1 atom stereocenters. The molecule has 0 fully saturated rings. The third kappa shape index (κ3) is 7.02. The number of rotatable bonds is 15. The molecule has 0 aromatic heterocycles. The summed E-state index contributed by atoms with van der Waals surface area (Å²) < 4.78 is 106. The summed E-state index contributed by atoms with van der Waals surface area (Å²) in [6.45, 7) is 2.05. The van der Waals surface area contributed by atoms with E-state index in [-0.39, 0.29) is 6.42 Å². The molecule has 3 nitrogen and oxygen atoms in total. The lowest BCUT2D eigenvalue weighted by Gasteiger charge is -2.37. The molecular formula is C18H31F7O3. The normalized spacial score (nSPS) is 15.1. The molecule has 0 bridgehead atoms. The van der Waals surface area contributed by atoms with Crippen LogP contribution in [0.3, 0.4) is 0 Å². The third-order valence-corrected chi connectivity index (χ3v) is 4.88. The Morgan fingerprint density at radius 1 is 0.679 bits per heavy atom. The molecule has 0 saturated heterocycles. The van der Waals surface area contributed by atoms with Crippen LogP contribution in [0.15, 0.2) is 0 Å². The van der Waals surface area contributed by atoms with Crippen molar-refractivity contribution < 1.29 is 44.9 Å². The number of unbranched alkanes of at least 4 members (excludes halogenated alkanes) is 5. The molecule has 1 unspecified atom stereocenters. The van der Waals surface area contributed by atoms with Crippen LogP contribution in [0.5, 0.6) is 0 Å². The minimum atomic E-state index is -6.34. The van der Waals surface area contributed by atoms with E-state index in [2.05, 4.69) is 6.92 Å². The van der Waals surface area contributed by atoms with Gasteiger partial charge in [0.15, 0.2) is 0 Å². The molecule has 0 aliphatic heterocycles. The zero-order valence-electron chi connectivity index (χ0n) is 16.8. The van der Waals surface area contributed by atoms with Gasteiger partial charge in [-0.15, -0.1) is 0 Å². The number of hydrogen-bond acceptors (Lipinski definition) is 3. The monoisotopic (exact) mass is 428 g/mol. The van der Waals surface area contributed by atoms with Crippen LogP contribution in [-0.4, -0.2) is 45.3 Å². The molecule has 0 aliphatic carbocycles. The minimum Gasteiger partial charge on any atom is -0.331 e. The Hall–Kier alpha value is -0.610. The van der Waals surface area contributed by atoms with E-state index in [4.69, 9.17) is 14.2 Å². The molecule has 170 valence electrons. The Morgan fingerprint density at radius 3 is 1.57 bits per heavy atom. The number of halogens is 7. The molecule has 0 heterocycles. The lowest BCUT2D eigenvalue weighted by atomic mass is 9.90. The summed E-state index contributed by atoms with van der Waals surface area (Å²) in [7, 11) is 3.55. The maximum absolute atomic E-state index is 13.7. The summed E-state index contributed by atoms with van der Waals surface area (Å²) in [5, 5.41) is 0. The van der Waals surface area contributed by atoms with Gasteiger partial charge in [-0.2, -0.15) is 30.7 Å². The van der Waals surface area contributed by atoms with Crippen molar-refractivity contribution in [3.63, 3.8) is 0 Å². The highest BCUT2D eigenvalue weighted by atomic mass is 19.4. The molecule has 28 heavy (non-hydrogen) atoms. The Balaban J connectivity index is 5.17. The van der Waals surface area contributed by atoms with Crippen molar-refractivity contribution in [1.82, 2.24) is 0 Å².